The molecule has 112 heavy (non-hydrogen) atoms. The van der Waals surface area contributed by atoms with E-state index >= 15 is 0 Å². The number of quaternary nitrogens is 2. The number of amides is 15. The lowest BCUT2D eigenvalue weighted by molar-refractivity contribution is -0.368. The van der Waals surface area contributed by atoms with Gasteiger partial charge in [0.2, 0.25) is 82.7 Å². The summed E-state index contributed by atoms with van der Waals surface area (Å²) in [5.74, 6) is -16.4. The molecule has 0 aliphatic heterocycles. The summed E-state index contributed by atoms with van der Waals surface area (Å²) in [6.07, 6.45) is 1.45. The lowest BCUT2D eigenvalue weighted by Crippen LogP contribution is -2.61. The van der Waals surface area contributed by atoms with Gasteiger partial charge in [0.1, 0.15) is 66.5 Å². The maximum Gasteiger partial charge on any atom is 0.308 e. The molecule has 40 heteroatoms. The number of unbranched alkanes of at least 4 members (excludes halogenated alkanes) is 2. The van der Waals surface area contributed by atoms with Crippen LogP contribution in [0.5, 0.6) is 0 Å². The van der Waals surface area contributed by atoms with Crippen LogP contribution in [0, 0.1) is 23.7 Å². The second kappa shape index (κ2) is 50.7. The molecule has 15 amide bonds. The Morgan fingerprint density at radius 2 is 1.02 bits per heavy atom. The minimum atomic E-state index is -1.81. The highest BCUT2D eigenvalue weighted by molar-refractivity contribution is 6.00. The van der Waals surface area contributed by atoms with Gasteiger partial charge < -0.3 is 113 Å². The van der Waals surface area contributed by atoms with Crippen LogP contribution < -0.4 is 109 Å². The first-order valence-corrected chi connectivity index (χ1v) is 37.8. The molecule has 0 aliphatic rings. The number of carbonyl (C=O) groups excluding carboxylic acids is 15. The molecule has 0 saturated carbocycles. The van der Waals surface area contributed by atoms with Gasteiger partial charge in [0.25, 0.3) is 0 Å². The quantitative estimate of drug-likeness (QED) is 0.0166. The molecular formula is C72H123N23O17+2. The van der Waals surface area contributed by atoms with Crippen LogP contribution in [-0.4, -0.2) is 223 Å². The number of hydrogen-bond donors (Lipinski definition) is 22. The van der Waals surface area contributed by atoms with Crippen LogP contribution in [0.25, 0.3) is 10.9 Å². The first kappa shape index (κ1) is 97.0. The summed E-state index contributed by atoms with van der Waals surface area (Å²) in [5, 5.41) is 47.4. The molecule has 0 unspecified atom stereocenters. The number of nitrogens with one attached hydrogen (secondary N) is 15. The van der Waals surface area contributed by atoms with Crippen molar-refractivity contribution in [2.75, 3.05) is 40.3 Å². The van der Waals surface area contributed by atoms with E-state index in [0.29, 0.717) is 61.1 Å². The standard InChI is InChI=1S/C72H121N23O17/c1-12-40(8)59(70(112)91-50(32-37(2)3)66(108)87-45(60(76)102)25-27-53(74)97)95-64(106)48(23-16-18-31-82-72(79-10)80-11)88-63(105)47(24-19-29-73)86-55(99)36-84-61(103)52(34-54(75)98)92-69(111)58(39(6)7)93-65(107)49(26-28-56(100)101)89-68(110)57(38(4)5)94-67(109)51(33-42-35-83-44-21-14-13-20-43(42)44)90-62(104)46(85-41(9)96)22-15-17-30-81-71(77)78/h13-14,20-21,35,37-40,45-52,57-59,83H,12,15-19,22-34,36,73H2,1-11H3,(H2,74,97)(H2,75,98)(H2,76,102)(H,84,103)(H,85,96)(H,86,99)(H,87,108)(H,88,105)(H,89,110)(H,90,104)(H,91,112)(H,92,111)(H,93,107)(H,94,109)(H,95,106)(H,100,101)(H4,77,78,81)(H2,79,80,82)/p+2/t40-,45-,46-,47-,48-,49-,50-,51-,52-,57-,58-,59-/m0/s1. The molecule has 0 spiro atoms. The molecule has 626 valence electrons. The summed E-state index contributed by atoms with van der Waals surface area (Å²) in [5.41, 5.74) is 30.4. The van der Waals surface area contributed by atoms with Crippen molar-refractivity contribution in [1.82, 2.24) is 79.4 Å². The smallest absolute Gasteiger partial charge is 0.308 e. The first-order valence-electron chi connectivity index (χ1n) is 37.8. The van der Waals surface area contributed by atoms with Crippen molar-refractivity contribution in [3.63, 3.8) is 0 Å². The van der Waals surface area contributed by atoms with E-state index in [1.54, 1.807) is 86.1 Å². The van der Waals surface area contributed by atoms with Gasteiger partial charge in [-0.25, -0.2) is 4.79 Å². The monoisotopic (exact) mass is 1580 g/mol. The fraction of sp³-hybridized carbons (Fsp3) is 0.639. The first-order chi connectivity index (χ1) is 52.8. The molecule has 40 nitrogen and oxygen atoms in total. The summed E-state index contributed by atoms with van der Waals surface area (Å²) in [6, 6.07) is -8.45. The molecule has 1 aromatic heterocycles. The third kappa shape index (κ3) is 36.2. The van der Waals surface area contributed by atoms with Gasteiger partial charge in [0.15, 0.2) is 11.9 Å². The molecule has 1 aromatic carbocycles. The van der Waals surface area contributed by atoms with Crippen molar-refractivity contribution in [2.24, 2.45) is 56.6 Å². The number of primary amides is 2. The van der Waals surface area contributed by atoms with Crippen molar-refractivity contribution < 1.29 is 93.3 Å². The third-order valence-corrected chi connectivity index (χ3v) is 18.1. The number of aromatic nitrogens is 1. The van der Waals surface area contributed by atoms with Gasteiger partial charge in [-0.2, -0.15) is 0 Å². The van der Waals surface area contributed by atoms with Crippen molar-refractivity contribution >= 4 is 117 Å². The summed E-state index contributed by atoms with van der Waals surface area (Å²) >= 11 is 0. The zero-order valence-corrected chi connectivity index (χ0v) is 66.3. The highest BCUT2D eigenvalue weighted by Gasteiger charge is 2.39. The Morgan fingerprint density at radius 1 is 0.536 bits per heavy atom. The van der Waals surface area contributed by atoms with Gasteiger partial charge >= 0.3 is 11.9 Å². The normalized spacial score (nSPS) is 14.6. The lowest BCUT2D eigenvalue weighted by atomic mass is 9.96. The molecule has 30 N–H and O–H groups in total. The van der Waals surface area contributed by atoms with Crippen molar-refractivity contribution in [2.45, 2.75) is 232 Å². The van der Waals surface area contributed by atoms with E-state index in [0.717, 1.165) is 0 Å². The van der Waals surface area contributed by atoms with Crippen LogP contribution in [-0.2, 0) is 83.1 Å². The maximum absolute atomic E-state index is 14.6. The number of carboxylic acid groups (broad SMARTS) is 1. The summed E-state index contributed by atoms with van der Waals surface area (Å²) in [7, 11) is 3.23. The summed E-state index contributed by atoms with van der Waals surface area (Å²) < 4.78 is 0. The summed E-state index contributed by atoms with van der Waals surface area (Å²) in [6.45, 7) is 14.4. The van der Waals surface area contributed by atoms with Gasteiger partial charge in [0, 0.05) is 64.1 Å². The highest BCUT2D eigenvalue weighted by atomic mass is 16.4. The van der Waals surface area contributed by atoms with E-state index < -0.39 is 205 Å². The van der Waals surface area contributed by atoms with Crippen LogP contribution in [0.3, 0.4) is 0 Å². The van der Waals surface area contributed by atoms with Crippen molar-refractivity contribution in [1.29, 1.82) is 0 Å². The highest BCUT2D eigenvalue weighted by Crippen LogP contribution is 2.21. The Kier molecular flexibility index (Phi) is 43.9. The molecular weight excluding hydrogens is 1460 g/mol. The number of benzene rings is 1. The number of nitrogens with zero attached hydrogens (tertiary/aromatic N) is 2. The number of aliphatic carboxylic acids is 1. The SMILES string of the molecule is CC[C@H](C)[C@H](NC(=O)[C@H](CCCCNC(=NC)NC)NC(=O)[C@H](CCC[NH3+])NC(=O)CNC(=O)[C@H](CC(N)=O)NC(=O)[C@@H](NC(=O)[C@H](CCC(=O)O)NC(=O)[C@@H](NC(=O)[C@H](Cc1c[nH]c2ccccc12)NC(=O)[C@H](CCCCN=C(N)N)NC(C)=O)C(C)C)C(C)C)C(=O)N[C@@H](CC(C)C)C(=O)N[C@@H](CCC([NH3+])=O)C(N)=O. The number of para-hydroxylation sites is 1. The average Bonchev–Trinajstić information content (AvgIpc) is 1.60. The molecule has 12 atom stereocenters. The minimum absolute atomic E-state index is 0.00545. The molecule has 2 aromatic rings. The van der Waals surface area contributed by atoms with E-state index in [9.17, 15) is 81.8 Å². The van der Waals surface area contributed by atoms with E-state index in [1.807, 2.05) is 0 Å². The second-order valence-electron chi connectivity index (χ2n) is 28.6. The predicted octanol–water partition coefficient (Wildman–Crippen LogP) is -6.21. The molecule has 0 fully saturated rings. The van der Waals surface area contributed by atoms with Gasteiger partial charge in [-0.05, 0) is 106 Å². The van der Waals surface area contributed by atoms with Gasteiger partial charge in [-0.3, -0.25) is 87.6 Å². The fourth-order valence-corrected chi connectivity index (χ4v) is 11.7. The maximum atomic E-state index is 14.6. The largest absolute Gasteiger partial charge is 0.481 e. The third-order valence-electron chi connectivity index (χ3n) is 18.1. The molecule has 0 saturated heterocycles. The number of aromatic amines is 1. The zero-order chi connectivity index (χ0) is 84.5. The van der Waals surface area contributed by atoms with Crippen LogP contribution in [0.1, 0.15) is 164 Å². The minimum Gasteiger partial charge on any atom is -0.481 e. The number of carboxylic acids is 1. The number of nitrogens with two attached hydrogens (primary N) is 4. The van der Waals surface area contributed by atoms with Crippen LogP contribution >= 0.6 is 0 Å². The molecule has 1 heterocycles. The van der Waals surface area contributed by atoms with Crippen LogP contribution in [0.2, 0.25) is 0 Å². The second-order valence-corrected chi connectivity index (χ2v) is 28.6. The van der Waals surface area contributed by atoms with Crippen LogP contribution in [0.4, 0.5) is 0 Å². The zero-order valence-electron chi connectivity index (χ0n) is 66.3. The lowest BCUT2D eigenvalue weighted by Gasteiger charge is -2.30. The number of guanidine groups is 2. The Hall–Kier alpha value is -11.1. The van der Waals surface area contributed by atoms with E-state index in [1.165, 1.54) is 20.8 Å². The topological polar surface area (TPSA) is 662 Å². The van der Waals surface area contributed by atoms with Gasteiger partial charge in [-0.1, -0.05) is 80.0 Å². The Balaban J connectivity index is 2.45. The van der Waals surface area contributed by atoms with Crippen molar-refractivity contribution in [3.8, 4) is 0 Å². The molecule has 0 radical (unpaired) electrons. The molecule has 0 bridgehead atoms. The fourth-order valence-electron chi connectivity index (χ4n) is 11.7. The number of rotatable bonds is 53. The Morgan fingerprint density at radius 3 is 1.54 bits per heavy atom. The number of hydrogen-bond acceptors (Lipinski definition) is 18. The van der Waals surface area contributed by atoms with E-state index in [2.05, 4.69) is 101 Å². The van der Waals surface area contributed by atoms with Gasteiger partial charge in [-0.15, -0.1) is 0 Å². The number of H-pyrrole nitrogens is 1. The number of aliphatic imine (C=N–C) groups is 2. The molecule has 0 aliphatic carbocycles. The van der Waals surface area contributed by atoms with E-state index in [-0.39, 0.29) is 76.3 Å². The Labute approximate surface area is 652 Å². The number of carbonyl (C=O) groups is 16. The van der Waals surface area contributed by atoms with E-state index in [4.69, 9.17) is 22.9 Å². The molecule has 2 rings (SSSR count). The van der Waals surface area contributed by atoms with Gasteiger partial charge in [0.05, 0.1) is 25.9 Å². The predicted molar refractivity (Wildman–Crippen MR) is 413 cm³/mol. The number of fused-ring (bicyclic) bond motifs is 1. The van der Waals surface area contributed by atoms with Crippen LogP contribution in [0.15, 0.2) is 40.4 Å². The Bertz CT molecular complexity index is 3580. The van der Waals surface area contributed by atoms with Crippen molar-refractivity contribution in [3.05, 3.63) is 36.0 Å². The summed E-state index contributed by atoms with van der Waals surface area (Å²) in [4.78, 5) is 228. The average molecular weight is 1580 g/mol.